The zero-order valence-electron chi connectivity index (χ0n) is 10.7. The predicted molar refractivity (Wildman–Crippen MR) is 71.6 cm³/mol. The Kier molecular flexibility index (Phi) is 4.17. The van der Waals surface area contributed by atoms with Gasteiger partial charge in [0.15, 0.2) is 0 Å². The minimum absolute atomic E-state index is 0.0655. The van der Waals surface area contributed by atoms with Crippen LogP contribution in [0.1, 0.15) is 32.1 Å². The third-order valence-electron chi connectivity index (χ3n) is 2.53. The van der Waals surface area contributed by atoms with Crippen LogP contribution in [0.25, 0.3) is 0 Å². The van der Waals surface area contributed by atoms with Crippen molar-refractivity contribution in [1.29, 1.82) is 0 Å². The third-order valence-corrected chi connectivity index (χ3v) is 2.53. The molecule has 96 valence electrons. The van der Waals surface area contributed by atoms with E-state index in [9.17, 15) is 0 Å². The standard InChI is InChI=1S/C13H18N4O/c1-3-6-15-12-8-14-9-13(17-12)16-10(2)11-5-4-7-18-11/h4-5,7-10H,3,6H2,1-2H3,(H2,15,16,17). The highest BCUT2D eigenvalue weighted by atomic mass is 16.3. The van der Waals surface area contributed by atoms with Crippen molar-refractivity contribution >= 4 is 11.6 Å². The summed E-state index contributed by atoms with van der Waals surface area (Å²) in [7, 11) is 0. The fourth-order valence-corrected chi connectivity index (χ4v) is 1.60. The van der Waals surface area contributed by atoms with E-state index in [-0.39, 0.29) is 6.04 Å². The molecule has 0 amide bonds. The number of hydrogen-bond donors (Lipinski definition) is 2. The second-order valence-electron chi connectivity index (χ2n) is 4.10. The molecule has 1 unspecified atom stereocenters. The number of rotatable bonds is 6. The Labute approximate surface area is 107 Å². The van der Waals surface area contributed by atoms with Gasteiger partial charge in [0, 0.05) is 6.54 Å². The minimum atomic E-state index is 0.0655. The van der Waals surface area contributed by atoms with Crippen LogP contribution >= 0.6 is 0 Å². The van der Waals surface area contributed by atoms with Gasteiger partial charge >= 0.3 is 0 Å². The Morgan fingerprint density at radius 1 is 1.33 bits per heavy atom. The van der Waals surface area contributed by atoms with Gasteiger partial charge in [-0.05, 0) is 25.5 Å². The van der Waals surface area contributed by atoms with Gasteiger partial charge in [0.2, 0.25) is 0 Å². The Bertz CT molecular complexity index is 470. The highest BCUT2D eigenvalue weighted by Gasteiger charge is 2.08. The van der Waals surface area contributed by atoms with E-state index in [0.717, 1.165) is 30.4 Å². The lowest BCUT2D eigenvalue weighted by Gasteiger charge is -2.12. The molecule has 1 atom stereocenters. The third kappa shape index (κ3) is 3.23. The molecule has 0 aliphatic carbocycles. The number of anilines is 2. The van der Waals surface area contributed by atoms with Gasteiger partial charge in [0.05, 0.1) is 24.7 Å². The zero-order valence-corrected chi connectivity index (χ0v) is 10.7. The normalized spacial score (nSPS) is 12.1. The van der Waals surface area contributed by atoms with E-state index in [1.54, 1.807) is 18.7 Å². The van der Waals surface area contributed by atoms with Crippen LogP contribution in [0.5, 0.6) is 0 Å². The van der Waals surface area contributed by atoms with Gasteiger partial charge in [-0.3, -0.25) is 4.98 Å². The molecular formula is C13H18N4O. The van der Waals surface area contributed by atoms with Crippen molar-refractivity contribution in [2.75, 3.05) is 17.2 Å². The molecule has 5 heteroatoms. The van der Waals surface area contributed by atoms with Crippen LogP contribution in [-0.4, -0.2) is 16.5 Å². The molecule has 2 heterocycles. The van der Waals surface area contributed by atoms with E-state index >= 15 is 0 Å². The molecule has 5 nitrogen and oxygen atoms in total. The molecule has 0 radical (unpaired) electrons. The average molecular weight is 246 g/mol. The minimum Gasteiger partial charge on any atom is -0.467 e. The number of furan rings is 1. The number of nitrogens with one attached hydrogen (secondary N) is 2. The molecule has 2 N–H and O–H groups in total. The van der Waals surface area contributed by atoms with Gasteiger partial charge in [-0.1, -0.05) is 6.92 Å². The van der Waals surface area contributed by atoms with Crippen LogP contribution in [0.2, 0.25) is 0 Å². The van der Waals surface area contributed by atoms with Crippen molar-refractivity contribution in [3.05, 3.63) is 36.5 Å². The largest absolute Gasteiger partial charge is 0.467 e. The first-order valence-corrected chi connectivity index (χ1v) is 6.15. The van der Waals surface area contributed by atoms with Crippen LogP contribution in [-0.2, 0) is 0 Å². The summed E-state index contributed by atoms with van der Waals surface area (Å²) in [5, 5.41) is 6.46. The first-order valence-electron chi connectivity index (χ1n) is 6.15. The van der Waals surface area contributed by atoms with Crippen LogP contribution in [0.15, 0.2) is 35.2 Å². The summed E-state index contributed by atoms with van der Waals surface area (Å²) >= 11 is 0. The van der Waals surface area contributed by atoms with E-state index in [0.29, 0.717) is 0 Å². The quantitative estimate of drug-likeness (QED) is 0.820. The summed E-state index contributed by atoms with van der Waals surface area (Å²) in [6.45, 7) is 5.03. The van der Waals surface area contributed by atoms with E-state index in [1.807, 2.05) is 19.1 Å². The summed E-state index contributed by atoms with van der Waals surface area (Å²) in [6, 6.07) is 3.87. The summed E-state index contributed by atoms with van der Waals surface area (Å²) < 4.78 is 5.34. The van der Waals surface area contributed by atoms with Gasteiger partial charge in [-0.25, -0.2) is 4.98 Å². The number of hydrogen-bond acceptors (Lipinski definition) is 5. The predicted octanol–water partition coefficient (Wildman–Crippen LogP) is 3.06. The van der Waals surface area contributed by atoms with Gasteiger partial charge in [-0.2, -0.15) is 0 Å². The molecule has 2 rings (SSSR count). The first-order chi connectivity index (χ1) is 8.79. The van der Waals surface area contributed by atoms with Crippen LogP contribution in [0.3, 0.4) is 0 Å². The number of aromatic nitrogens is 2. The van der Waals surface area contributed by atoms with Crippen LogP contribution in [0, 0.1) is 0 Å². The van der Waals surface area contributed by atoms with Gasteiger partial charge in [-0.15, -0.1) is 0 Å². The smallest absolute Gasteiger partial charge is 0.147 e. The topological polar surface area (TPSA) is 63.0 Å². The first kappa shape index (κ1) is 12.4. The van der Waals surface area contributed by atoms with Crippen molar-refractivity contribution in [3.63, 3.8) is 0 Å². The van der Waals surface area contributed by atoms with E-state index in [1.165, 1.54) is 0 Å². The molecule has 0 aromatic carbocycles. The Balaban J connectivity index is 2.00. The van der Waals surface area contributed by atoms with Crippen molar-refractivity contribution in [2.24, 2.45) is 0 Å². The summed E-state index contributed by atoms with van der Waals surface area (Å²) in [4.78, 5) is 8.59. The van der Waals surface area contributed by atoms with E-state index in [4.69, 9.17) is 4.42 Å². The SMILES string of the molecule is CCCNc1cncc(NC(C)c2ccco2)n1. The average Bonchev–Trinajstić information content (AvgIpc) is 2.91. The molecule has 0 fully saturated rings. The van der Waals surface area contributed by atoms with Crippen LogP contribution < -0.4 is 10.6 Å². The van der Waals surface area contributed by atoms with Crippen molar-refractivity contribution < 1.29 is 4.42 Å². The summed E-state index contributed by atoms with van der Waals surface area (Å²) in [5.74, 6) is 2.40. The van der Waals surface area contributed by atoms with Gasteiger partial charge in [0.25, 0.3) is 0 Å². The zero-order chi connectivity index (χ0) is 12.8. The molecule has 2 aromatic heterocycles. The maximum atomic E-state index is 5.34. The fraction of sp³-hybridized carbons (Fsp3) is 0.385. The van der Waals surface area contributed by atoms with Crippen LogP contribution in [0.4, 0.5) is 11.6 Å². The molecule has 2 aromatic rings. The lowest BCUT2D eigenvalue weighted by atomic mass is 10.2. The molecule has 0 spiro atoms. The Morgan fingerprint density at radius 3 is 2.89 bits per heavy atom. The second-order valence-corrected chi connectivity index (χ2v) is 4.10. The lowest BCUT2D eigenvalue weighted by molar-refractivity contribution is 0.490. The molecule has 0 saturated heterocycles. The molecule has 18 heavy (non-hydrogen) atoms. The monoisotopic (exact) mass is 246 g/mol. The second kappa shape index (κ2) is 6.05. The maximum Gasteiger partial charge on any atom is 0.147 e. The van der Waals surface area contributed by atoms with Crippen molar-refractivity contribution in [1.82, 2.24) is 9.97 Å². The van der Waals surface area contributed by atoms with Gasteiger partial charge < -0.3 is 15.1 Å². The molecule has 0 aliphatic rings. The fourth-order valence-electron chi connectivity index (χ4n) is 1.60. The van der Waals surface area contributed by atoms with Gasteiger partial charge in [0.1, 0.15) is 17.4 Å². The molecule has 0 aliphatic heterocycles. The molecule has 0 saturated carbocycles. The van der Waals surface area contributed by atoms with E-state index < -0.39 is 0 Å². The summed E-state index contributed by atoms with van der Waals surface area (Å²) in [6.07, 6.45) is 6.15. The number of nitrogens with zero attached hydrogens (tertiary/aromatic N) is 2. The van der Waals surface area contributed by atoms with Crippen molar-refractivity contribution in [2.45, 2.75) is 26.3 Å². The Morgan fingerprint density at radius 2 is 2.17 bits per heavy atom. The highest BCUT2D eigenvalue weighted by Crippen LogP contribution is 2.18. The van der Waals surface area contributed by atoms with Crippen molar-refractivity contribution in [3.8, 4) is 0 Å². The summed E-state index contributed by atoms with van der Waals surface area (Å²) in [5.41, 5.74) is 0. The maximum absolute atomic E-state index is 5.34. The highest BCUT2D eigenvalue weighted by molar-refractivity contribution is 5.42. The Hall–Kier alpha value is -2.04. The lowest BCUT2D eigenvalue weighted by Crippen LogP contribution is -2.09. The molecule has 0 bridgehead atoms. The molecular weight excluding hydrogens is 228 g/mol. The van der Waals surface area contributed by atoms with E-state index in [2.05, 4.69) is 27.5 Å².